The Hall–Kier alpha value is -0.580. The van der Waals surface area contributed by atoms with Gasteiger partial charge in [-0.1, -0.05) is 34.5 Å². The molecule has 1 amide bonds. The van der Waals surface area contributed by atoms with Crippen LogP contribution in [0.4, 0.5) is 0 Å². The molecule has 5 heteroatoms. The zero-order valence-electron chi connectivity index (χ0n) is 10.2. The summed E-state index contributed by atoms with van der Waals surface area (Å²) in [5.74, 6) is 0.0616. The Morgan fingerprint density at radius 1 is 1.50 bits per heavy atom. The maximum absolute atomic E-state index is 12.5. The van der Waals surface area contributed by atoms with Crippen LogP contribution in [0.3, 0.4) is 0 Å². The molecule has 1 fully saturated rings. The highest BCUT2D eigenvalue weighted by Gasteiger charge is 2.28. The Kier molecular flexibility index (Phi) is 4.65. The quantitative estimate of drug-likeness (QED) is 0.920. The molecular weight excluding hydrogens is 316 g/mol. The Bertz CT molecular complexity index is 428. The fraction of sp³-hybridized carbons (Fsp3) is 0.462. The molecule has 0 unspecified atom stereocenters. The van der Waals surface area contributed by atoms with Crippen molar-refractivity contribution in [2.24, 2.45) is 0 Å². The lowest BCUT2D eigenvalue weighted by Crippen LogP contribution is -2.59. The minimum atomic E-state index is 0.0616. The van der Waals surface area contributed by atoms with E-state index in [2.05, 4.69) is 28.2 Å². The molecule has 1 aliphatic heterocycles. The molecule has 3 nitrogen and oxygen atoms in total. The van der Waals surface area contributed by atoms with Crippen molar-refractivity contribution in [2.75, 3.05) is 19.6 Å². The topological polar surface area (TPSA) is 32.3 Å². The summed E-state index contributed by atoms with van der Waals surface area (Å²) >= 11 is 9.36. The summed E-state index contributed by atoms with van der Waals surface area (Å²) in [6, 6.07) is 5.65. The van der Waals surface area contributed by atoms with Crippen LogP contribution >= 0.6 is 27.5 Å². The van der Waals surface area contributed by atoms with E-state index >= 15 is 0 Å². The van der Waals surface area contributed by atoms with Crippen molar-refractivity contribution in [3.05, 3.63) is 33.3 Å². The minimum absolute atomic E-state index is 0.0616. The van der Waals surface area contributed by atoms with Crippen molar-refractivity contribution in [2.45, 2.75) is 19.4 Å². The molecule has 98 valence electrons. The van der Waals surface area contributed by atoms with Crippen molar-refractivity contribution in [1.82, 2.24) is 10.2 Å². The van der Waals surface area contributed by atoms with Crippen LogP contribution < -0.4 is 5.32 Å². The lowest BCUT2D eigenvalue weighted by molar-refractivity contribution is 0.0615. The molecule has 18 heavy (non-hydrogen) atoms. The fourth-order valence-electron chi connectivity index (χ4n) is 2.03. The smallest absolute Gasteiger partial charge is 0.254 e. The maximum Gasteiger partial charge on any atom is 0.254 e. The van der Waals surface area contributed by atoms with Crippen LogP contribution in [0, 0.1) is 0 Å². The van der Waals surface area contributed by atoms with Gasteiger partial charge >= 0.3 is 0 Å². The normalized spacial score (nSPS) is 15.3. The number of carbonyl (C=O) groups excluding carboxylic acids is 1. The summed E-state index contributed by atoms with van der Waals surface area (Å²) in [6.07, 6.45) is 0.962. The van der Waals surface area contributed by atoms with Gasteiger partial charge in [0.2, 0.25) is 0 Å². The molecule has 0 spiro atoms. The van der Waals surface area contributed by atoms with Gasteiger partial charge in [-0.25, -0.2) is 0 Å². The van der Waals surface area contributed by atoms with Gasteiger partial charge in [-0.3, -0.25) is 4.79 Å². The Balaban J connectivity index is 2.21. The van der Waals surface area contributed by atoms with Gasteiger partial charge in [0.15, 0.2) is 0 Å². The number of carbonyl (C=O) groups is 1. The van der Waals surface area contributed by atoms with E-state index in [1.165, 1.54) is 0 Å². The Morgan fingerprint density at radius 3 is 2.72 bits per heavy atom. The van der Waals surface area contributed by atoms with Crippen LogP contribution in [0.25, 0.3) is 0 Å². The highest BCUT2D eigenvalue weighted by Crippen LogP contribution is 2.22. The van der Waals surface area contributed by atoms with Crippen LogP contribution in [0.2, 0.25) is 5.02 Å². The molecule has 0 radical (unpaired) electrons. The predicted octanol–water partition coefficient (Wildman–Crippen LogP) is 2.93. The first-order chi connectivity index (χ1) is 8.61. The molecule has 0 aromatic heterocycles. The number of halogens is 2. The van der Waals surface area contributed by atoms with Gasteiger partial charge in [-0.2, -0.15) is 0 Å². The van der Waals surface area contributed by atoms with E-state index in [9.17, 15) is 4.79 Å². The molecule has 0 bridgehead atoms. The number of hydrogen-bond donors (Lipinski definition) is 1. The number of rotatable bonds is 4. The minimum Gasteiger partial charge on any atom is -0.333 e. The second-order valence-corrected chi connectivity index (χ2v) is 5.82. The molecule has 1 N–H and O–H groups in total. The van der Waals surface area contributed by atoms with Crippen LogP contribution in [-0.2, 0) is 0 Å². The number of hydrogen-bond acceptors (Lipinski definition) is 2. The van der Waals surface area contributed by atoms with Gasteiger partial charge in [0.25, 0.3) is 5.91 Å². The van der Waals surface area contributed by atoms with E-state index in [-0.39, 0.29) is 5.91 Å². The second-order valence-electron chi connectivity index (χ2n) is 4.47. The zero-order chi connectivity index (χ0) is 13.1. The van der Waals surface area contributed by atoms with Gasteiger partial charge in [0, 0.05) is 34.7 Å². The Morgan fingerprint density at radius 2 is 2.22 bits per heavy atom. The average Bonchev–Trinajstić information content (AvgIpc) is 2.23. The van der Waals surface area contributed by atoms with Gasteiger partial charge < -0.3 is 10.2 Å². The van der Waals surface area contributed by atoms with Crippen molar-refractivity contribution < 1.29 is 4.79 Å². The molecule has 1 saturated heterocycles. The maximum atomic E-state index is 12.5. The SMILES string of the molecule is CCCN(C(=O)c1cc(Cl)cc(Br)c1)C1CNC1. The first-order valence-corrected chi connectivity index (χ1v) is 7.26. The van der Waals surface area contributed by atoms with Gasteiger partial charge in [0.1, 0.15) is 0 Å². The third-order valence-corrected chi connectivity index (χ3v) is 3.71. The molecule has 2 rings (SSSR count). The van der Waals surface area contributed by atoms with E-state index in [0.29, 0.717) is 16.6 Å². The van der Waals surface area contributed by atoms with Crippen molar-refractivity contribution in [1.29, 1.82) is 0 Å². The predicted molar refractivity (Wildman–Crippen MR) is 77.1 cm³/mol. The van der Waals surface area contributed by atoms with Crippen LogP contribution in [0.5, 0.6) is 0 Å². The summed E-state index contributed by atoms with van der Waals surface area (Å²) in [6.45, 7) is 4.64. The highest BCUT2D eigenvalue weighted by molar-refractivity contribution is 9.10. The monoisotopic (exact) mass is 330 g/mol. The largest absolute Gasteiger partial charge is 0.333 e. The molecule has 1 aliphatic rings. The Labute approximate surface area is 121 Å². The van der Waals surface area contributed by atoms with E-state index in [4.69, 9.17) is 11.6 Å². The highest BCUT2D eigenvalue weighted by atomic mass is 79.9. The number of nitrogens with one attached hydrogen (secondary N) is 1. The van der Waals surface area contributed by atoms with Crippen molar-refractivity contribution in [3.8, 4) is 0 Å². The molecular formula is C13H16BrClN2O. The standard InChI is InChI=1S/C13H16BrClN2O/c1-2-3-17(12-7-16-8-12)13(18)9-4-10(14)6-11(15)5-9/h4-6,12,16H,2-3,7-8H2,1H3. The summed E-state index contributed by atoms with van der Waals surface area (Å²) in [5, 5.41) is 3.78. The lowest BCUT2D eigenvalue weighted by Gasteiger charge is -2.38. The van der Waals surface area contributed by atoms with Crippen molar-refractivity contribution >= 4 is 33.4 Å². The average molecular weight is 332 g/mol. The second kappa shape index (κ2) is 6.04. The molecule has 1 aromatic carbocycles. The number of benzene rings is 1. The first kappa shape index (κ1) is 13.8. The van der Waals surface area contributed by atoms with E-state index in [1.54, 1.807) is 12.1 Å². The molecule has 1 heterocycles. The van der Waals surface area contributed by atoms with Gasteiger partial charge in [-0.15, -0.1) is 0 Å². The van der Waals surface area contributed by atoms with Crippen LogP contribution in [-0.4, -0.2) is 36.5 Å². The van der Waals surface area contributed by atoms with E-state index < -0.39 is 0 Å². The lowest BCUT2D eigenvalue weighted by atomic mass is 10.1. The van der Waals surface area contributed by atoms with E-state index in [0.717, 1.165) is 30.5 Å². The summed E-state index contributed by atoms with van der Waals surface area (Å²) in [4.78, 5) is 14.4. The molecule has 0 aliphatic carbocycles. The first-order valence-electron chi connectivity index (χ1n) is 6.09. The summed E-state index contributed by atoms with van der Waals surface area (Å²) in [5.41, 5.74) is 0.648. The molecule has 0 atom stereocenters. The number of amides is 1. The fourth-order valence-corrected chi connectivity index (χ4v) is 2.89. The summed E-state index contributed by atoms with van der Waals surface area (Å²) in [7, 11) is 0. The number of nitrogens with zero attached hydrogens (tertiary/aromatic N) is 1. The third kappa shape index (κ3) is 3.05. The summed E-state index contributed by atoms with van der Waals surface area (Å²) < 4.78 is 0.835. The molecule has 0 saturated carbocycles. The van der Waals surface area contributed by atoms with Crippen LogP contribution in [0.1, 0.15) is 23.7 Å². The van der Waals surface area contributed by atoms with Crippen molar-refractivity contribution in [3.63, 3.8) is 0 Å². The van der Waals surface area contributed by atoms with E-state index in [1.807, 2.05) is 11.0 Å². The van der Waals surface area contributed by atoms with Gasteiger partial charge in [-0.05, 0) is 24.6 Å². The molecule has 1 aromatic rings. The zero-order valence-corrected chi connectivity index (χ0v) is 12.6. The van der Waals surface area contributed by atoms with Crippen LogP contribution in [0.15, 0.2) is 22.7 Å². The van der Waals surface area contributed by atoms with Gasteiger partial charge in [0.05, 0.1) is 6.04 Å². The third-order valence-electron chi connectivity index (χ3n) is 3.04.